The van der Waals surface area contributed by atoms with Crippen LogP contribution in [0.3, 0.4) is 0 Å². The lowest BCUT2D eigenvalue weighted by molar-refractivity contribution is -0.152. The third kappa shape index (κ3) is 9.38. The van der Waals surface area contributed by atoms with Crippen LogP contribution in [0, 0.1) is 23.7 Å². The van der Waals surface area contributed by atoms with Gasteiger partial charge in [-0.1, -0.05) is 6.07 Å². The first-order valence-electron chi connectivity index (χ1n) is 15.2. The van der Waals surface area contributed by atoms with E-state index >= 15 is 0 Å². The van der Waals surface area contributed by atoms with Crippen LogP contribution in [-0.2, 0) is 19.0 Å². The highest BCUT2D eigenvalue weighted by Crippen LogP contribution is 2.31. The number of carbonyl (C=O) groups is 1. The largest absolute Gasteiger partial charge is 0.461 e. The molecule has 0 unspecified atom stereocenters. The Morgan fingerprint density at radius 1 is 1.14 bits per heavy atom. The Hall–Kier alpha value is -3.26. The molecule has 0 bridgehead atoms. The van der Waals surface area contributed by atoms with Crippen molar-refractivity contribution in [2.75, 3.05) is 43.6 Å². The number of aryl methyl sites for hydroxylation is 1. The van der Waals surface area contributed by atoms with Gasteiger partial charge in [0.25, 0.3) is 0 Å². The van der Waals surface area contributed by atoms with Crippen LogP contribution in [0.1, 0.15) is 64.9 Å². The van der Waals surface area contributed by atoms with Crippen LogP contribution in [0.4, 0.5) is 11.6 Å². The van der Waals surface area contributed by atoms with Crippen molar-refractivity contribution in [2.24, 2.45) is 5.41 Å². The molecule has 3 N–H and O–H groups in total. The number of aromatic nitrogens is 2. The van der Waals surface area contributed by atoms with Gasteiger partial charge in [0.2, 0.25) is 0 Å². The second-order valence-corrected chi connectivity index (χ2v) is 12.0. The molecule has 2 aromatic heterocycles. The van der Waals surface area contributed by atoms with Crippen LogP contribution in [0.15, 0.2) is 30.5 Å². The van der Waals surface area contributed by atoms with Gasteiger partial charge in [0, 0.05) is 49.6 Å². The summed E-state index contributed by atoms with van der Waals surface area (Å²) in [5.74, 6) is 1.30. The van der Waals surface area contributed by atoms with Gasteiger partial charge in [0.05, 0.1) is 29.9 Å². The van der Waals surface area contributed by atoms with E-state index in [0.29, 0.717) is 38.4 Å². The van der Waals surface area contributed by atoms with E-state index in [1.54, 1.807) is 0 Å². The summed E-state index contributed by atoms with van der Waals surface area (Å²) < 4.78 is 16.1. The van der Waals surface area contributed by atoms with Crippen molar-refractivity contribution >= 4 is 17.6 Å². The van der Waals surface area contributed by atoms with Crippen molar-refractivity contribution in [3.63, 3.8) is 0 Å². The lowest BCUT2D eigenvalue weighted by Gasteiger charge is -2.32. The van der Waals surface area contributed by atoms with Crippen molar-refractivity contribution < 1.29 is 19.0 Å². The Labute approximate surface area is 249 Å². The monoisotopic (exact) mass is 578 g/mol. The lowest BCUT2D eigenvalue weighted by atomic mass is 9.82. The van der Waals surface area contributed by atoms with E-state index in [0.717, 1.165) is 67.0 Å². The predicted molar refractivity (Wildman–Crippen MR) is 163 cm³/mol. The molecular weight excluding hydrogens is 532 g/mol. The number of anilines is 2. The maximum atomic E-state index is 11.6. The van der Waals surface area contributed by atoms with E-state index < -0.39 is 5.41 Å². The smallest absolute Gasteiger partial charge is 0.332 e. The Bertz CT molecular complexity index is 1200. The third-order valence-electron chi connectivity index (χ3n) is 7.98. The fraction of sp³-hybridized carbons (Fsp3) is 0.625. The molecule has 2 fully saturated rings. The van der Waals surface area contributed by atoms with E-state index in [1.807, 2.05) is 38.2 Å². The standard InChI is InChI=1S/C32H46N6O4/c1-22(2)42-31(39)19-41-18-24(4)36-25-8-10-26(11-9-25)37-30-16-27(23(3)17-34-30)28-6-5-7-29(38-28)35-21-32(20-33)12-14-40-15-13-32/h5-7,16-17,22,24-26,36H,8-15,18-19,21H2,1-4H3,(H,34,37)(H,35,38)/t24-,25?,26?/m1/s1. The molecular formula is C32H46N6O4. The minimum absolute atomic E-state index is 0.0134. The number of esters is 1. The Morgan fingerprint density at radius 2 is 1.88 bits per heavy atom. The van der Waals surface area contributed by atoms with Gasteiger partial charge in [-0.3, -0.25) is 0 Å². The molecule has 0 spiro atoms. The van der Waals surface area contributed by atoms with Gasteiger partial charge >= 0.3 is 5.97 Å². The summed E-state index contributed by atoms with van der Waals surface area (Å²) in [7, 11) is 0. The highest BCUT2D eigenvalue weighted by molar-refractivity contribution is 5.70. The molecule has 1 atom stereocenters. The van der Waals surface area contributed by atoms with Crippen LogP contribution in [0.2, 0.25) is 0 Å². The molecule has 42 heavy (non-hydrogen) atoms. The fourth-order valence-electron chi connectivity index (χ4n) is 5.59. The molecule has 1 saturated carbocycles. The van der Waals surface area contributed by atoms with Crippen molar-refractivity contribution in [1.29, 1.82) is 5.26 Å². The second-order valence-electron chi connectivity index (χ2n) is 12.0. The first kappa shape index (κ1) is 31.7. The van der Waals surface area contributed by atoms with Crippen molar-refractivity contribution in [2.45, 2.75) is 90.4 Å². The fourth-order valence-corrected chi connectivity index (χ4v) is 5.59. The maximum absolute atomic E-state index is 11.6. The molecule has 0 amide bonds. The van der Waals surface area contributed by atoms with Gasteiger partial charge in [-0.15, -0.1) is 0 Å². The van der Waals surface area contributed by atoms with Crippen molar-refractivity contribution in [3.05, 3.63) is 36.0 Å². The SMILES string of the molecule is Cc1cnc(NC2CCC(N[C@H](C)COCC(=O)OC(C)C)CC2)cc1-c1cccc(NCC2(C#N)CCOCC2)n1. The average Bonchev–Trinajstić information content (AvgIpc) is 2.98. The second kappa shape index (κ2) is 15.3. The van der Waals surface area contributed by atoms with E-state index in [9.17, 15) is 10.1 Å². The van der Waals surface area contributed by atoms with Gasteiger partial charge < -0.3 is 30.2 Å². The summed E-state index contributed by atoms with van der Waals surface area (Å²) in [6.07, 6.45) is 7.44. The zero-order chi connectivity index (χ0) is 30.0. The summed E-state index contributed by atoms with van der Waals surface area (Å²) in [6, 6.07) is 11.5. The van der Waals surface area contributed by atoms with Gasteiger partial charge in [0.1, 0.15) is 18.2 Å². The first-order chi connectivity index (χ1) is 20.2. The number of pyridine rings is 2. The molecule has 4 rings (SSSR count). The highest BCUT2D eigenvalue weighted by atomic mass is 16.6. The van der Waals surface area contributed by atoms with Gasteiger partial charge in [-0.25, -0.2) is 14.8 Å². The zero-order valence-corrected chi connectivity index (χ0v) is 25.4. The van der Waals surface area contributed by atoms with E-state index in [1.165, 1.54) is 0 Å². The lowest BCUT2D eigenvalue weighted by Crippen LogP contribution is -2.43. The summed E-state index contributed by atoms with van der Waals surface area (Å²) in [4.78, 5) is 21.2. The Balaban J connectivity index is 1.26. The average molecular weight is 579 g/mol. The van der Waals surface area contributed by atoms with Gasteiger partial charge in [-0.05, 0) is 90.0 Å². The summed E-state index contributed by atoms with van der Waals surface area (Å²) in [6.45, 7) is 10.1. The third-order valence-corrected chi connectivity index (χ3v) is 7.98. The highest BCUT2D eigenvalue weighted by Gasteiger charge is 2.32. The molecule has 10 nitrogen and oxygen atoms in total. The number of rotatable bonds is 13. The number of nitrogens with one attached hydrogen (secondary N) is 3. The number of nitrogens with zero attached hydrogens (tertiary/aromatic N) is 3. The van der Waals surface area contributed by atoms with E-state index in [-0.39, 0.29) is 24.7 Å². The van der Waals surface area contributed by atoms with Crippen LogP contribution in [-0.4, -0.2) is 73.1 Å². The van der Waals surface area contributed by atoms with Crippen LogP contribution < -0.4 is 16.0 Å². The molecule has 0 aromatic carbocycles. The minimum atomic E-state index is -0.414. The molecule has 2 aliphatic rings. The zero-order valence-electron chi connectivity index (χ0n) is 25.4. The van der Waals surface area contributed by atoms with Crippen molar-refractivity contribution in [3.8, 4) is 17.3 Å². The topological polar surface area (TPSA) is 130 Å². The number of hydrogen-bond acceptors (Lipinski definition) is 10. The number of ether oxygens (including phenoxy) is 3. The van der Waals surface area contributed by atoms with E-state index in [2.05, 4.69) is 46.9 Å². The molecule has 10 heteroatoms. The molecule has 1 aliphatic carbocycles. The predicted octanol–water partition coefficient (Wildman–Crippen LogP) is 4.85. The Morgan fingerprint density at radius 3 is 2.60 bits per heavy atom. The van der Waals surface area contributed by atoms with Gasteiger partial charge in [0.15, 0.2) is 0 Å². The van der Waals surface area contributed by atoms with Crippen LogP contribution >= 0.6 is 0 Å². The number of nitriles is 1. The molecule has 3 heterocycles. The molecule has 0 radical (unpaired) electrons. The summed E-state index contributed by atoms with van der Waals surface area (Å²) in [5, 5.41) is 20.5. The van der Waals surface area contributed by atoms with Gasteiger partial charge in [-0.2, -0.15) is 5.26 Å². The molecule has 228 valence electrons. The maximum Gasteiger partial charge on any atom is 0.332 e. The normalized spacial score (nSPS) is 20.9. The minimum Gasteiger partial charge on any atom is -0.461 e. The van der Waals surface area contributed by atoms with Crippen LogP contribution in [0.25, 0.3) is 11.3 Å². The molecule has 1 saturated heterocycles. The summed E-state index contributed by atoms with van der Waals surface area (Å²) >= 11 is 0. The first-order valence-corrected chi connectivity index (χ1v) is 15.2. The number of carbonyl (C=O) groups excluding carboxylic acids is 1. The van der Waals surface area contributed by atoms with Crippen molar-refractivity contribution in [1.82, 2.24) is 15.3 Å². The molecule has 1 aliphatic heterocycles. The number of hydrogen-bond donors (Lipinski definition) is 3. The summed E-state index contributed by atoms with van der Waals surface area (Å²) in [5.41, 5.74) is 2.56. The molecule has 2 aromatic rings. The Kier molecular flexibility index (Phi) is 11.5. The van der Waals surface area contributed by atoms with Crippen LogP contribution in [0.5, 0.6) is 0 Å². The van der Waals surface area contributed by atoms with E-state index in [4.69, 9.17) is 19.2 Å². The quantitative estimate of drug-likeness (QED) is 0.284.